The van der Waals surface area contributed by atoms with Gasteiger partial charge in [0.25, 0.3) is 5.91 Å². The fourth-order valence-electron chi connectivity index (χ4n) is 3.55. The number of esters is 2. The van der Waals surface area contributed by atoms with E-state index in [1.165, 1.54) is 20.1 Å². The molecule has 1 fully saturated rings. The molecule has 0 aromatic heterocycles. The minimum absolute atomic E-state index is 0.241. The van der Waals surface area contributed by atoms with E-state index in [-0.39, 0.29) is 35.1 Å². The minimum Gasteiger partial charge on any atom is -0.469 e. The van der Waals surface area contributed by atoms with Crippen molar-refractivity contribution < 1.29 is 28.7 Å². The van der Waals surface area contributed by atoms with Crippen molar-refractivity contribution in [1.82, 2.24) is 10.6 Å². The largest absolute Gasteiger partial charge is 0.469 e. The Bertz CT molecular complexity index is 782. The predicted molar refractivity (Wildman–Crippen MR) is 109 cm³/mol. The number of benzene rings is 1. The van der Waals surface area contributed by atoms with Crippen molar-refractivity contribution in [2.45, 2.75) is 51.1 Å². The zero-order chi connectivity index (χ0) is 22.1. The molecule has 2 amide bonds. The van der Waals surface area contributed by atoms with Crippen molar-refractivity contribution in [1.29, 1.82) is 0 Å². The second-order valence-electron chi connectivity index (χ2n) is 7.25. The second kappa shape index (κ2) is 11.3. The molecule has 0 bridgehead atoms. The third-order valence-electron chi connectivity index (χ3n) is 5.02. The third-order valence-corrected chi connectivity index (χ3v) is 5.02. The molecule has 9 nitrogen and oxygen atoms in total. The van der Waals surface area contributed by atoms with Crippen molar-refractivity contribution in [3.8, 4) is 5.75 Å². The van der Waals surface area contributed by atoms with Crippen molar-refractivity contribution in [3.05, 3.63) is 29.8 Å². The molecular formula is C21H29N3O6. The van der Waals surface area contributed by atoms with Gasteiger partial charge >= 0.3 is 11.9 Å². The molecule has 3 atom stereocenters. The van der Waals surface area contributed by atoms with Gasteiger partial charge in [-0.15, -0.1) is 0 Å². The highest BCUT2D eigenvalue weighted by molar-refractivity contribution is 5.98. The maximum absolute atomic E-state index is 12.9. The molecule has 0 saturated heterocycles. The van der Waals surface area contributed by atoms with Gasteiger partial charge in [0.05, 0.1) is 13.0 Å². The fourth-order valence-corrected chi connectivity index (χ4v) is 3.55. The van der Waals surface area contributed by atoms with Gasteiger partial charge in [0, 0.05) is 18.5 Å². The number of amides is 2. The molecule has 1 aromatic carbocycles. The van der Waals surface area contributed by atoms with E-state index in [0.29, 0.717) is 32.2 Å². The Balaban J connectivity index is 2.07. The van der Waals surface area contributed by atoms with Crippen LogP contribution in [-0.4, -0.2) is 49.5 Å². The lowest BCUT2D eigenvalue weighted by Gasteiger charge is -2.24. The van der Waals surface area contributed by atoms with Gasteiger partial charge in [0.1, 0.15) is 11.8 Å². The molecule has 0 radical (unpaired) electrons. The molecule has 1 aliphatic carbocycles. The summed E-state index contributed by atoms with van der Waals surface area (Å²) < 4.78 is 9.82. The van der Waals surface area contributed by atoms with Crippen LogP contribution < -0.4 is 21.1 Å². The lowest BCUT2D eigenvalue weighted by molar-refractivity contribution is -0.146. The summed E-state index contributed by atoms with van der Waals surface area (Å²) >= 11 is 0. The number of nitrogens with one attached hydrogen (secondary N) is 2. The summed E-state index contributed by atoms with van der Waals surface area (Å²) in [6.07, 6.45) is 3.03. The topological polar surface area (TPSA) is 137 Å². The van der Waals surface area contributed by atoms with Gasteiger partial charge < -0.3 is 25.8 Å². The van der Waals surface area contributed by atoms with Crippen LogP contribution in [0.25, 0.3) is 0 Å². The average molecular weight is 419 g/mol. The third kappa shape index (κ3) is 6.55. The second-order valence-corrected chi connectivity index (χ2v) is 7.25. The Kier molecular flexibility index (Phi) is 8.79. The van der Waals surface area contributed by atoms with Gasteiger partial charge in [-0.3, -0.25) is 19.2 Å². The number of nitrogens with two attached hydrogens (primary N) is 1. The summed E-state index contributed by atoms with van der Waals surface area (Å²) in [4.78, 5) is 48.6. The molecule has 1 aliphatic rings. The Morgan fingerprint density at radius 3 is 2.67 bits per heavy atom. The smallest absolute Gasteiger partial charge is 0.310 e. The monoisotopic (exact) mass is 419 g/mol. The van der Waals surface area contributed by atoms with Crippen molar-refractivity contribution in [2.75, 3.05) is 13.7 Å². The highest BCUT2D eigenvalue weighted by Crippen LogP contribution is 2.27. The van der Waals surface area contributed by atoms with Gasteiger partial charge in [-0.05, 0) is 50.4 Å². The number of hydrogen-bond acceptors (Lipinski definition) is 7. The molecule has 4 N–H and O–H groups in total. The van der Waals surface area contributed by atoms with Crippen LogP contribution in [0.15, 0.2) is 24.3 Å². The summed E-state index contributed by atoms with van der Waals surface area (Å²) in [6.45, 7) is 1.64. The average Bonchev–Trinajstić information content (AvgIpc) is 3.18. The van der Waals surface area contributed by atoms with Crippen LogP contribution in [0.3, 0.4) is 0 Å². The summed E-state index contributed by atoms with van der Waals surface area (Å²) in [5.41, 5.74) is 5.83. The van der Waals surface area contributed by atoms with Crippen molar-refractivity contribution in [3.63, 3.8) is 0 Å². The summed E-state index contributed by atoms with van der Waals surface area (Å²) in [7, 11) is 1.33. The number of ether oxygens (including phenoxy) is 2. The van der Waals surface area contributed by atoms with E-state index < -0.39 is 17.9 Å². The van der Waals surface area contributed by atoms with E-state index in [1.807, 2.05) is 0 Å². The molecule has 0 spiro atoms. The normalized spacial score (nSPS) is 18.9. The highest BCUT2D eigenvalue weighted by atomic mass is 16.5. The van der Waals surface area contributed by atoms with E-state index in [9.17, 15) is 19.2 Å². The molecular weight excluding hydrogens is 390 g/mol. The van der Waals surface area contributed by atoms with Gasteiger partial charge in [-0.1, -0.05) is 12.5 Å². The Morgan fingerprint density at radius 2 is 2.00 bits per heavy atom. The first kappa shape index (κ1) is 23.3. The maximum Gasteiger partial charge on any atom is 0.310 e. The zero-order valence-electron chi connectivity index (χ0n) is 17.3. The maximum atomic E-state index is 12.9. The first-order valence-electron chi connectivity index (χ1n) is 10.0. The quantitative estimate of drug-likeness (QED) is 0.400. The SMILES string of the molecule is COC(=O)[C@@H]1CCCC1NC(=O)[C@H](CCCN)NC(=O)c1cccc(OC(C)=O)c1. The number of rotatable bonds is 9. The van der Waals surface area contributed by atoms with E-state index in [1.54, 1.807) is 18.2 Å². The fraction of sp³-hybridized carbons (Fsp3) is 0.524. The van der Waals surface area contributed by atoms with Crippen LogP contribution in [0.2, 0.25) is 0 Å². The Morgan fingerprint density at radius 1 is 1.23 bits per heavy atom. The van der Waals surface area contributed by atoms with Crippen LogP contribution in [0, 0.1) is 5.92 Å². The molecule has 9 heteroatoms. The molecule has 164 valence electrons. The summed E-state index contributed by atoms with van der Waals surface area (Å²) in [6, 6.07) is 5.00. The standard InChI is InChI=1S/C21H29N3O6/c1-13(25)30-15-7-3-6-14(12-15)19(26)24-18(10-5-11-22)20(27)23-17-9-4-8-16(17)21(28)29-2/h3,6-7,12,16-18H,4-5,8-11,22H2,1-2H3,(H,23,27)(H,24,26)/t16-,17?,18+/m1/s1. The number of hydrogen-bond donors (Lipinski definition) is 3. The van der Waals surface area contributed by atoms with Crippen LogP contribution in [0.4, 0.5) is 0 Å². The van der Waals surface area contributed by atoms with Crippen LogP contribution in [0.5, 0.6) is 5.75 Å². The Labute approximate surface area is 175 Å². The van der Waals surface area contributed by atoms with E-state index in [0.717, 1.165) is 6.42 Å². The first-order chi connectivity index (χ1) is 14.3. The van der Waals surface area contributed by atoms with Gasteiger partial charge in [0.15, 0.2) is 0 Å². The van der Waals surface area contributed by atoms with E-state index >= 15 is 0 Å². The van der Waals surface area contributed by atoms with Gasteiger partial charge in [-0.2, -0.15) is 0 Å². The van der Waals surface area contributed by atoms with E-state index in [2.05, 4.69) is 10.6 Å². The highest BCUT2D eigenvalue weighted by Gasteiger charge is 2.36. The van der Waals surface area contributed by atoms with E-state index in [4.69, 9.17) is 15.2 Å². The lowest BCUT2D eigenvalue weighted by Crippen LogP contribution is -2.51. The molecule has 1 aromatic rings. The molecule has 30 heavy (non-hydrogen) atoms. The minimum atomic E-state index is -0.808. The van der Waals surface area contributed by atoms with Crippen LogP contribution >= 0.6 is 0 Å². The molecule has 1 saturated carbocycles. The van der Waals surface area contributed by atoms with Gasteiger partial charge in [0.2, 0.25) is 5.91 Å². The van der Waals surface area contributed by atoms with Crippen LogP contribution in [-0.2, 0) is 19.1 Å². The van der Waals surface area contributed by atoms with Crippen LogP contribution in [0.1, 0.15) is 49.4 Å². The molecule has 1 unspecified atom stereocenters. The van der Waals surface area contributed by atoms with Crippen molar-refractivity contribution >= 4 is 23.8 Å². The summed E-state index contributed by atoms with van der Waals surface area (Å²) in [5.74, 6) is -1.83. The predicted octanol–water partition coefficient (Wildman–Crippen LogP) is 0.907. The Hall–Kier alpha value is -2.94. The zero-order valence-corrected chi connectivity index (χ0v) is 17.3. The summed E-state index contributed by atoms with van der Waals surface area (Å²) in [5, 5.41) is 5.60. The van der Waals surface area contributed by atoms with Crippen molar-refractivity contribution in [2.24, 2.45) is 11.7 Å². The number of methoxy groups -OCH3 is 1. The number of carbonyl (C=O) groups excluding carboxylic acids is 4. The molecule has 0 heterocycles. The number of carbonyl (C=O) groups is 4. The lowest BCUT2D eigenvalue weighted by atomic mass is 10.0. The first-order valence-corrected chi connectivity index (χ1v) is 10.0. The molecule has 0 aliphatic heterocycles. The molecule has 2 rings (SSSR count). The van der Waals surface area contributed by atoms with Gasteiger partial charge in [-0.25, -0.2) is 0 Å².